The van der Waals surface area contributed by atoms with Crippen LogP contribution in [0.4, 0.5) is 5.69 Å². The van der Waals surface area contributed by atoms with Crippen LogP contribution in [-0.4, -0.2) is 25.2 Å². The first-order chi connectivity index (χ1) is 15.2. The van der Waals surface area contributed by atoms with E-state index in [1.54, 1.807) is 6.20 Å². The Bertz CT molecular complexity index is 1200. The van der Waals surface area contributed by atoms with Gasteiger partial charge in [-0.05, 0) is 62.1 Å². The second kappa shape index (κ2) is 8.22. The standard InChI is InChI=1S/C25H25N5O/c1-2-23-22(17-27-30(23)20-8-4-3-5-9-20)25(31)28-19-13-11-18(12-14-19)24-26-16-21-10-6-7-15-29(21)24/h3-5,8-9,11-14,16-17H,2,6-7,10,15H2,1H3,(H,28,31). The van der Waals surface area contributed by atoms with Crippen molar-refractivity contribution in [3.8, 4) is 17.1 Å². The molecule has 3 heterocycles. The van der Waals surface area contributed by atoms with Crippen molar-refractivity contribution < 1.29 is 4.79 Å². The average Bonchev–Trinajstić information content (AvgIpc) is 3.45. The van der Waals surface area contributed by atoms with Gasteiger partial charge in [0.1, 0.15) is 5.82 Å². The summed E-state index contributed by atoms with van der Waals surface area (Å²) in [6.07, 6.45) is 7.87. The van der Waals surface area contributed by atoms with Crippen LogP contribution >= 0.6 is 0 Å². The first-order valence-electron chi connectivity index (χ1n) is 10.8. The fourth-order valence-electron chi connectivity index (χ4n) is 4.26. The maximum atomic E-state index is 13.0. The molecule has 0 atom stereocenters. The number of nitrogens with zero attached hydrogens (tertiary/aromatic N) is 4. The lowest BCUT2D eigenvalue weighted by atomic mass is 10.1. The molecule has 0 saturated heterocycles. The zero-order chi connectivity index (χ0) is 21.2. The molecule has 4 aromatic rings. The van der Waals surface area contributed by atoms with E-state index in [1.165, 1.54) is 18.5 Å². The van der Waals surface area contributed by atoms with E-state index in [9.17, 15) is 4.79 Å². The third-order valence-corrected chi connectivity index (χ3v) is 5.85. The molecule has 0 unspecified atom stereocenters. The number of hydrogen-bond acceptors (Lipinski definition) is 3. The number of amides is 1. The Morgan fingerprint density at radius 3 is 2.61 bits per heavy atom. The van der Waals surface area contributed by atoms with Crippen LogP contribution in [-0.2, 0) is 19.4 Å². The second-order valence-electron chi connectivity index (χ2n) is 7.82. The molecule has 1 aliphatic rings. The van der Waals surface area contributed by atoms with Gasteiger partial charge in [0.2, 0.25) is 0 Å². The van der Waals surface area contributed by atoms with Crippen LogP contribution in [0.2, 0.25) is 0 Å². The van der Waals surface area contributed by atoms with Gasteiger partial charge in [-0.1, -0.05) is 25.1 Å². The number of carbonyl (C=O) groups is 1. The smallest absolute Gasteiger partial charge is 0.259 e. The lowest BCUT2D eigenvalue weighted by Crippen LogP contribution is -2.14. The lowest BCUT2D eigenvalue weighted by molar-refractivity contribution is 0.102. The Hall–Kier alpha value is -3.67. The summed E-state index contributed by atoms with van der Waals surface area (Å²) >= 11 is 0. The molecule has 2 aromatic carbocycles. The number of aryl methyl sites for hydroxylation is 1. The van der Waals surface area contributed by atoms with Crippen molar-refractivity contribution in [3.05, 3.63) is 83.9 Å². The summed E-state index contributed by atoms with van der Waals surface area (Å²) in [5, 5.41) is 7.47. The highest BCUT2D eigenvalue weighted by atomic mass is 16.1. The molecule has 1 amide bonds. The Labute approximate surface area is 181 Å². The van der Waals surface area contributed by atoms with Gasteiger partial charge < -0.3 is 9.88 Å². The molecule has 0 aliphatic carbocycles. The second-order valence-corrected chi connectivity index (χ2v) is 7.82. The van der Waals surface area contributed by atoms with Crippen molar-refractivity contribution in [3.63, 3.8) is 0 Å². The maximum Gasteiger partial charge on any atom is 0.259 e. The number of fused-ring (bicyclic) bond motifs is 1. The summed E-state index contributed by atoms with van der Waals surface area (Å²) in [4.78, 5) is 17.6. The highest BCUT2D eigenvalue weighted by Gasteiger charge is 2.18. The molecule has 0 bridgehead atoms. The van der Waals surface area contributed by atoms with Gasteiger partial charge in [-0.2, -0.15) is 5.10 Å². The van der Waals surface area contributed by atoms with E-state index >= 15 is 0 Å². The van der Waals surface area contributed by atoms with E-state index in [1.807, 2.05) is 72.4 Å². The number of aromatic nitrogens is 4. The fraction of sp³-hybridized carbons (Fsp3) is 0.240. The number of rotatable bonds is 5. The molecular formula is C25H25N5O. The van der Waals surface area contributed by atoms with Crippen molar-refractivity contribution in [2.45, 2.75) is 39.2 Å². The molecule has 2 aromatic heterocycles. The fourth-order valence-corrected chi connectivity index (χ4v) is 4.26. The highest BCUT2D eigenvalue weighted by Crippen LogP contribution is 2.26. The average molecular weight is 412 g/mol. The molecule has 0 saturated carbocycles. The van der Waals surface area contributed by atoms with Gasteiger partial charge in [0, 0.05) is 29.7 Å². The van der Waals surface area contributed by atoms with Gasteiger partial charge in [0.25, 0.3) is 5.91 Å². The zero-order valence-corrected chi connectivity index (χ0v) is 17.6. The van der Waals surface area contributed by atoms with Crippen LogP contribution in [0, 0.1) is 0 Å². The van der Waals surface area contributed by atoms with Crippen molar-refractivity contribution in [2.75, 3.05) is 5.32 Å². The zero-order valence-electron chi connectivity index (χ0n) is 17.6. The summed E-state index contributed by atoms with van der Waals surface area (Å²) in [7, 11) is 0. The lowest BCUT2D eigenvalue weighted by Gasteiger charge is -2.16. The van der Waals surface area contributed by atoms with E-state index in [0.29, 0.717) is 12.0 Å². The Kier molecular flexibility index (Phi) is 5.12. The number of para-hydroxylation sites is 1. The predicted octanol–water partition coefficient (Wildman–Crippen LogP) is 4.89. The first-order valence-corrected chi connectivity index (χ1v) is 10.8. The molecule has 0 radical (unpaired) electrons. The normalized spacial score (nSPS) is 13.1. The largest absolute Gasteiger partial charge is 0.328 e. The minimum absolute atomic E-state index is 0.148. The minimum Gasteiger partial charge on any atom is -0.328 e. The SMILES string of the molecule is CCc1c(C(=O)Nc2ccc(-c3ncc4n3CCCC4)cc2)cnn1-c1ccccc1. The van der Waals surface area contributed by atoms with Gasteiger partial charge in [-0.25, -0.2) is 9.67 Å². The minimum atomic E-state index is -0.148. The van der Waals surface area contributed by atoms with E-state index < -0.39 is 0 Å². The molecule has 1 aliphatic heterocycles. The molecular weight excluding hydrogens is 386 g/mol. The van der Waals surface area contributed by atoms with Crippen LogP contribution in [0.1, 0.15) is 41.5 Å². The monoisotopic (exact) mass is 411 g/mol. The summed E-state index contributed by atoms with van der Waals surface area (Å²) < 4.78 is 4.14. The molecule has 5 rings (SSSR count). The van der Waals surface area contributed by atoms with Gasteiger partial charge in [0.15, 0.2) is 0 Å². The number of benzene rings is 2. The summed E-state index contributed by atoms with van der Waals surface area (Å²) in [6.45, 7) is 3.06. The quantitative estimate of drug-likeness (QED) is 0.509. The number of anilines is 1. The third kappa shape index (κ3) is 3.65. The molecule has 31 heavy (non-hydrogen) atoms. The van der Waals surface area contributed by atoms with Gasteiger partial charge >= 0.3 is 0 Å². The first kappa shape index (κ1) is 19.3. The number of imidazole rings is 1. The molecule has 6 nitrogen and oxygen atoms in total. The van der Waals surface area contributed by atoms with Gasteiger partial charge in [0.05, 0.1) is 23.1 Å². The predicted molar refractivity (Wildman–Crippen MR) is 121 cm³/mol. The van der Waals surface area contributed by atoms with Gasteiger partial charge in [-0.15, -0.1) is 0 Å². The molecule has 0 fully saturated rings. The van der Waals surface area contributed by atoms with Crippen LogP contribution in [0.5, 0.6) is 0 Å². The Morgan fingerprint density at radius 2 is 1.84 bits per heavy atom. The van der Waals surface area contributed by atoms with Crippen molar-refractivity contribution in [1.29, 1.82) is 0 Å². The topological polar surface area (TPSA) is 64.7 Å². The highest BCUT2D eigenvalue weighted by molar-refractivity contribution is 6.05. The summed E-state index contributed by atoms with van der Waals surface area (Å²) in [5.74, 6) is 0.856. The van der Waals surface area contributed by atoms with Crippen LogP contribution < -0.4 is 5.32 Å². The van der Waals surface area contributed by atoms with E-state index in [4.69, 9.17) is 0 Å². The van der Waals surface area contributed by atoms with Crippen LogP contribution in [0.15, 0.2) is 67.0 Å². The van der Waals surface area contributed by atoms with E-state index in [-0.39, 0.29) is 5.91 Å². The third-order valence-electron chi connectivity index (χ3n) is 5.85. The van der Waals surface area contributed by atoms with Crippen molar-refractivity contribution in [1.82, 2.24) is 19.3 Å². The molecule has 156 valence electrons. The van der Waals surface area contributed by atoms with E-state index in [0.717, 1.165) is 41.4 Å². The molecule has 1 N–H and O–H groups in total. The Morgan fingerprint density at radius 1 is 1.03 bits per heavy atom. The number of carbonyl (C=O) groups excluding carboxylic acids is 1. The molecule has 0 spiro atoms. The number of nitrogens with one attached hydrogen (secondary N) is 1. The van der Waals surface area contributed by atoms with Crippen LogP contribution in [0.25, 0.3) is 17.1 Å². The van der Waals surface area contributed by atoms with Gasteiger partial charge in [-0.3, -0.25) is 4.79 Å². The Balaban J connectivity index is 1.36. The summed E-state index contributed by atoms with van der Waals surface area (Å²) in [6, 6.07) is 17.8. The van der Waals surface area contributed by atoms with E-state index in [2.05, 4.69) is 20.0 Å². The van der Waals surface area contributed by atoms with Crippen molar-refractivity contribution >= 4 is 11.6 Å². The summed E-state index contributed by atoms with van der Waals surface area (Å²) in [5.41, 5.74) is 5.57. The van der Waals surface area contributed by atoms with Crippen LogP contribution in [0.3, 0.4) is 0 Å². The maximum absolute atomic E-state index is 13.0. The van der Waals surface area contributed by atoms with Crippen molar-refractivity contribution in [2.24, 2.45) is 0 Å². The molecule has 6 heteroatoms. The number of hydrogen-bond donors (Lipinski definition) is 1.